The summed E-state index contributed by atoms with van der Waals surface area (Å²) in [5, 5.41) is 5.52. The fourth-order valence-corrected chi connectivity index (χ4v) is 4.51. The van der Waals surface area contributed by atoms with Gasteiger partial charge in [-0.05, 0) is 50.6 Å². The molecule has 0 spiro atoms. The van der Waals surface area contributed by atoms with Crippen molar-refractivity contribution in [1.29, 1.82) is 0 Å². The molecule has 1 fully saturated rings. The van der Waals surface area contributed by atoms with Crippen molar-refractivity contribution in [1.82, 2.24) is 4.98 Å². The monoisotopic (exact) mass is 395 g/mol. The number of rotatable bonds is 4. The van der Waals surface area contributed by atoms with Crippen LogP contribution in [0.15, 0.2) is 48.5 Å². The van der Waals surface area contributed by atoms with Crippen LogP contribution in [0.1, 0.15) is 5.56 Å². The lowest BCUT2D eigenvalue weighted by atomic mass is 10.1. The van der Waals surface area contributed by atoms with E-state index in [2.05, 4.69) is 35.3 Å². The number of pyridine rings is 1. The summed E-state index contributed by atoms with van der Waals surface area (Å²) in [5.41, 5.74) is 4.26. The molecule has 0 aliphatic carbocycles. The maximum absolute atomic E-state index is 12.3. The van der Waals surface area contributed by atoms with E-state index < -0.39 is 7.14 Å². The van der Waals surface area contributed by atoms with Crippen LogP contribution in [-0.2, 0) is 9.30 Å². The van der Waals surface area contributed by atoms with E-state index in [1.165, 1.54) is 11.1 Å². The van der Waals surface area contributed by atoms with Gasteiger partial charge < -0.3 is 19.5 Å². The highest BCUT2D eigenvalue weighted by Crippen LogP contribution is 2.37. The Kier molecular flexibility index (Phi) is 5.13. The number of anilines is 3. The normalized spacial score (nSPS) is 15.0. The number of nitrogens with zero attached hydrogens (tertiary/aromatic N) is 2. The molecule has 0 unspecified atom stereocenters. The van der Waals surface area contributed by atoms with E-state index in [-0.39, 0.29) is 0 Å². The van der Waals surface area contributed by atoms with Gasteiger partial charge in [-0.3, -0.25) is 0 Å². The van der Waals surface area contributed by atoms with E-state index in [1.54, 1.807) is 13.3 Å². The Hall–Kier alpha value is -2.36. The lowest BCUT2D eigenvalue weighted by molar-refractivity contribution is 0.123. The number of ether oxygens (including phenoxy) is 1. The molecule has 1 aliphatic heterocycles. The number of morpholine rings is 1. The molecule has 0 amide bonds. The summed E-state index contributed by atoms with van der Waals surface area (Å²) >= 11 is 0. The van der Waals surface area contributed by atoms with E-state index >= 15 is 0 Å². The topological polar surface area (TPSA) is 54.5 Å². The van der Waals surface area contributed by atoms with Crippen molar-refractivity contribution in [2.45, 2.75) is 6.92 Å². The first-order valence-corrected chi connectivity index (χ1v) is 12.2. The van der Waals surface area contributed by atoms with Crippen molar-refractivity contribution in [2.24, 2.45) is 0 Å². The van der Waals surface area contributed by atoms with E-state index in [0.29, 0.717) is 0 Å². The van der Waals surface area contributed by atoms with Gasteiger partial charge in [0.05, 0.1) is 24.4 Å². The molecule has 28 heavy (non-hydrogen) atoms. The van der Waals surface area contributed by atoms with Crippen molar-refractivity contribution < 1.29 is 9.30 Å². The van der Waals surface area contributed by atoms with Crippen molar-refractivity contribution in [3.05, 3.63) is 54.1 Å². The summed E-state index contributed by atoms with van der Waals surface area (Å²) in [7, 11) is -2.25. The van der Waals surface area contributed by atoms with Gasteiger partial charge in [0.15, 0.2) is 0 Å². The lowest BCUT2D eigenvalue weighted by Crippen LogP contribution is -2.36. The van der Waals surface area contributed by atoms with Crippen LogP contribution in [0.4, 0.5) is 17.2 Å². The SMILES string of the molecule is Cc1c(Nc2ccc(P(C)(C)=O)cc2)nc2ccccc2c1N1CCOCC1. The molecule has 2 heterocycles. The zero-order chi connectivity index (χ0) is 19.7. The molecule has 5 nitrogen and oxygen atoms in total. The molecule has 0 radical (unpaired) electrons. The van der Waals surface area contributed by atoms with E-state index in [1.807, 2.05) is 30.3 Å². The molecule has 6 heteroatoms. The molecule has 1 aromatic heterocycles. The van der Waals surface area contributed by atoms with Crippen LogP contribution in [-0.4, -0.2) is 44.6 Å². The van der Waals surface area contributed by atoms with Gasteiger partial charge in [0.2, 0.25) is 0 Å². The van der Waals surface area contributed by atoms with Gasteiger partial charge >= 0.3 is 0 Å². The summed E-state index contributed by atoms with van der Waals surface area (Å²) in [6.07, 6.45) is 0. The quantitative estimate of drug-likeness (QED) is 0.665. The Morgan fingerprint density at radius 2 is 1.71 bits per heavy atom. The molecule has 146 valence electrons. The minimum absolute atomic E-state index is 0.744. The largest absolute Gasteiger partial charge is 0.378 e. The molecule has 1 saturated heterocycles. The summed E-state index contributed by atoms with van der Waals surface area (Å²) in [5.74, 6) is 0.851. The third kappa shape index (κ3) is 3.78. The Bertz CT molecular complexity index is 1040. The fraction of sp³-hybridized carbons (Fsp3) is 0.318. The second kappa shape index (κ2) is 7.57. The van der Waals surface area contributed by atoms with Crippen LogP contribution in [0, 0.1) is 6.92 Å². The van der Waals surface area contributed by atoms with Crippen LogP contribution in [0.2, 0.25) is 0 Å². The van der Waals surface area contributed by atoms with Crippen LogP contribution >= 0.6 is 7.14 Å². The van der Waals surface area contributed by atoms with E-state index in [4.69, 9.17) is 9.72 Å². The zero-order valence-electron chi connectivity index (χ0n) is 16.6. The predicted molar refractivity (Wildman–Crippen MR) is 118 cm³/mol. The van der Waals surface area contributed by atoms with Crippen LogP contribution in [0.25, 0.3) is 10.9 Å². The second-order valence-corrected chi connectivity index (χ2v) is 10.8. The smallest absolute Gasteiger partial charge is 0.136 e. The lowest BCUT2D eigenvalue weighted by Gasteiger charge is -2.31. The number of para-hydroxylation sites is 1. The Labute approximate surface area is 166 Å². The molecule has 2 aromatic carbocycles. The maximum Gasteiger partial charge on any atom is 0.136 e. The highest BCUT2D eigenvalue weighted by Gasteiger charge is 2.20. The first-order chi connectivity index (χ1) is 13.4. The van der Waals surface area contributed by atoms with E-state index in [9.17, 15) is 4.57 Å². The Morgan fingerprint density at radius 3 is 2.39 bits per heavy atom. The summed E-state index contributed by atoms with van der Waals surface area (Å²) < 4.78 is 17.8. The first kappa shape index (κ1) is 19.0. The third-order valence-electron chi connectivity index (χ3n) is 5.18. The molecular formula is C22H26N3O2P. The zero-order valence-corrected chi connectivity index (χ0v) is 17.5. The minimum atomic E-state index is -2.25. The van der Waals surface area contributed by atoms with Crippen molar-refractivity contribution in [3.63, 3.8) is 0 Å². The van der Waals surface area contributed by atoms with Crippen LogP contribution in [0.3, 0.4) is 0 Å². The molecule has 4 rings (SSSR count). The van der Waals surface area contributed by atoms with E-state index in [0.717, 1.165) is 54.2 Å². The van der Waals surface area contributed by atoms with Gasteiger partial charge in [0, 0.05) is 35.0 Å². The maximum atomic E-state index is 12.3. The average Bonchev–Trinajstić information content (AvgIpc) is 2.69. The Morgan fingerprint density at radius 1 is 1.04 bits per heavy atom. The highest BCUT2D eigenvalue weighted by molar-refractivity contribution is 7.70. The fourth-order valence-electron chi connectivity index (χ4n) is 3.65. The van der Waals surface area contributed by atoms with Crippen molar-refractivity contribution in [3.8, 4) is 0 Å². The molecule has 3 aromatic rings. The minimum Gasteiger partial charge on any atom is -0.378 e. The summed E-state index contributed by atoms with van der Waals surface area (Å²) in [6, 6.07) is 16.1. The van der Waals surface area contributed by atoms with Crippen molar-refractivity contribution >= 4 is 40.5 Å². The molecule has 1 aliphatic rings. The van der Waals surface area contributed by atoms with Gasteiger partial charge in [-0.1, -0.05) is 18.2 Å². The predicted octanol–water partition coefficient (Wildman–Crippen LogP) is 4.37. The number of hydrogen-bond donors (Lipinski definition) is 1. The average molecular weight is 395 g/mol. The van der Waals surface area contributed by atoms with Gasteiger partial charge in [0.1, 0.15) is 13.0 Å². The van der Waals surface area contributed by atoms with Crippen LogP contribution in [0.5, 0.6) is 0 Å². The number of benzene rings is 2. The summed E-state index contributed by atoms with van der Waals surface area (Å²) in [6.45, 7) is 8.95. The highest BCUT2D eigenvalue weighted by atomic mass is 31.2. The molecule has 0 atom stereocenters. The number of aromatic nitrogens is 1. The van der Waals surface area contributed by atoms with Crippen LogP contribution < -0.4 is 15.5 Å². The number of fused-ring (bicyclic) bond motifs is 1. The Balaban J connectivity index is 1.75. The summed E-state index contributed by atoms with van der Waals surface area (Å²) in [4.78, 5) is 7.26. The van der Waals surface area contributed by atoms with Gasteiger partial charge in [-0.2, -0.15) is 0 Å². The van der Waals surface area contributed by atoms with Gasteiger partial charge in [-0.25, -0.2) is 4.98 Å². The molecular weight excluding hydrogens is 369 g/mol. The van der Waals surface area contributed by atoms with Gasteiger partial charge in [0.25, 0.3) is 0 Å². The standard InChI is InChI=1S/C22H26N3O2P/c1-16-21(25-12-14-27-15-13-25)19-6-4-5-7-20(19)24-22(16)23-17-8-10-18(11-9-17)28(2,3)26/h4-11H,12-15H2,1-3H3,(H,23,24). The molecule has 0 saturated carbocycles. The third-order valence-corrected chi connectivity index (χ3v) is 6.72. The number of nitrogens with one attached hydrogen (secondary N) is 1. The van der Waals surface area contributed by atoms with Crippen molar-refractivity contribution in [2.75, 3.05) is 49.8 Å². The first-order valence-electron chi connectivity index (χ1n) is 9.58. The molecule has 1 N–H and O–H groups in total. The number of hydrogen-bond acceptors (Lipinski definition) is 5. The van der Waals surface area contributed by atoms with Gasteiger partial charge in [-0.15, -0.1) is 0 Å². The molecule has 0 bridgehead atoms. The second-order valence-electron chi connectivity index (χ2n) is 7.57.